The molecule has 9 nitrogen and oxygen atoms in total. The van der Waals surface area contributed by atoms with E-state index in [-0.39, 0.29) is 35.5 Å². The first-order chi connectivity index (χ1) is 18.3. The van der Waals surface area contributed by atoms with Crippen molar-refractivity contribution >= 4 is 34.5 Å². The third-order valence-corrected chi connectivity index (χ3v) is 7.57. The fourth-order valence-electron chi connectivity index (χ4n) is 5.10. The van der Waals surface area contributed by atoms with Crippen LogP contribution in [-0.4, -0.2) is 51.2 Å². The number of carbonyl (C=O) groups excluding carboxylic acids is 2. The van der Waals surface area contributed by atoms with E-state index in [1.165, 1.54) is 0 Å². The number of carbonyl (C=O) groups is 2. The molecule has 2 N–H and O–H groups in total. The highest BCUT2D eigenvalue weighted by molar-refractivity contribution is 6.12. The molecule has 4 rings (SSSR count). The summed E-state index contributed by atoms with van der Waals surface area (Å²) in [6, 6.07) is 3.77. The lowest BCUT2D eigenvalue weighted by molar-refractivity contribution is -0.0503. The molecule has 1 aliphatic heterocycles. The Morgan fingerprint density at radius 2 is 1.92 bits per heavy atom. The minimum absolute atomic E-state index is 0.0205. The highest BCUT2D eigenvalue weighted by Crippen LogP contribution is 2.36. The summed E-state index contributed by atoms with van der Waals surface area (Å²) in [5.41, 5.74) is 2.20. The predicted molar refractivity (Wildman–Crippen MR) is 151 cm³/mol. The van der Waals surface area contributed by atoms with Gasteiger partial charge in [0.15, 0.2) is 11.4 Å². The van der Waals surface area contributed by atoms with Gasteiger partial charge < -0.3 is 19.2 Å². The van der Waals surface area contributed by atoms with E-state index < -0.39 is 17.3 Å². The zero-order valence-electron chi connectivity index (χ0n) is 24.0. The number of fused-ring (bicyclic) bond motifs is 1. The largest absolute Gasteiger partial charge is 0.444 e. The Hall–Kier alpha value is -3.46. The second-order valence-corrected chi connectivity index (χ2v) is 11.9. The molecule has 1 unspecified atom stereocenters. The van der Waals surface area contributed by atoms with Gasteiger partial charge in [0.2, 0.25) is 5.88 Å². The third-order valence-electron chi connectivity index (χ3n) is 7.57. The van der Waals surface area contributed by atoms with Crippen LogP contribution in [0.15, 0.2) is 35.1 Å². The van der Waals surface area contributed by atoms with Gasteiger partial charge in [0, 0.05) is 61.2 Å². The van der Waals surface area contributed by atoms with Crippen molar-refractivity contribution in [3.05, 3.63) is 47.4 Å². The number of ketones is 1. The van der Waals surface area contributed by atoms with Gasteiger partial charge in [-0.1, -0.05) is 27.2 Å². The van der Waals surface area contributed by atoms with E-state index >= 15 is 0 Å². The monoisotopic (exact) mass is 536 g/mol. The van der Waals surface area contributed by atoms with Gasteiger partial charge in [-0.3, -0.25) is 20.1 Å². The number of anilines is 2. The Bertz CT molecular complexity index is 1340. The topological polar surface area (TPSA) is 118 Å². The maximum absolute atomic E-state index is 13.9. The van der Waals surface area contributed by atoms with Gasteiger partial charge in [-0.2, -0.15) is 0 Å². The predicted octanol–water partition coefficient (Wildman–Crippen LogP) is 5.79. The minimum atomic E-state index is -0.764. The highest BCUT2D eigenvalue weighted by atomic mass is 16.6. The fourth-order valence-corrected chi connectivity index (χ4v) is 5.10. The number of ether oxygens (including phenoxy) is 1. The van der Waals surface area contributed by atoms with E-state index in [4.69, 9.17) is 9.15 Å². The number of aliphatic hydroxyl groups is 1. The van der Waals surface area contributed by atoms with Gasteiger partial charge in [0.25, 0.3) is 0 Å². The van der Waals surface area contributed by atoms with E-state index in [1.54, 1.807) is 39.4 Å². The molecule has 210 valence electrons. The molecule has 1 aliphatic rings. The number of rotatable bonds is 7. The Kier molecular flexibility index (Phi) is 8.02. The van der Waals surface area contributed by atoms with Crippen LogP contribution >= 0.6 is 0 Å². The number of hydrogen-bond acceptors (Lipinski definition) is 8. The zero-order valence-corrected chi connectivity index (χ0v) is 24.0. The quantitative estimate of drug-likeness (QED) is 0.364. The summed E-state index contributed by atoms with van der Waals surface area (Å²) in [6.45, 7) is 14.7. The molecule has 3 atom stereocenters. The van der Waals surface area contributed by atoms with Crippen LogP contribution in [0.5, 0.6) is 0 Å². The van der Waals surface area contributed by atoms with E-state index in [1.807, 2.05) is 32.9 Å². The first-order valence-corrected chi connectivity index (χ1v) is 13.6. The maximum Gasteiger partial charge on any atom is 0.414 e. The zero-order chi connectivity index (χ0) is 28.5. The van der Waals surface area contributed by atoms with Gasteiger partial charge in [-0.05, 0) is 51.8 Å². The number of piperidine rings is 1. The second-order valence-electron chi connectivity index (χ2n) is 11.9. The molecule has 1 saturated heterocycles. The van der Waals surface area contributed by atoms with E-state index in [9.17, 15) is 14.7 Å². The van der Waals surface area contributed by atoms with E-state index in [0.29, 0.717) is 24.2 Å². The number of hydrogen-bond donors (Lipinski definition) is 2. The maximum atomic E-state index is 13.9. The molecule has 1 amide bonds. The van der Waals surface area contributed by atoms with Crippen LogP contribution in [0.1, 0.15) is 76.4 Å². The van der Waals surface area contributed by atoms with Crippen LogP contribution in [0.2, 0.25) is 0 Å². The number of Topliss-reactive ketones (excluding diaryl/α,β-unsaturated/α-hetero) is 1. The van der Waals surface area contributed by atoms with Crippen molar-refractivity contribution in [3.8, 4) is 0 Å². The van der Waals surface area contributed by atoms with Crippen LogP contribution in [-0.2, 0) is 17.6 Å². The van der Waals surface area contributed by atoms with E-state index in [2.05, 4.69) is 27.1 Å². The Balaban J connectivity index is 1.68. The smallest absolute Gasteiger partial charge is 0.414 e. The van der Waals surface area contributed by atoms with Crippen molar-refractivity contribution in [1.29, 1.82) is 0 Å². The van der Waals surface area contributed by atoms with Crippen LogP contribution in [0.4, 0.5) is 16.4 Å². The molecule has 9 heteroatoms. The number of amides is 1. The third kappa shape index (κ3) is 6.24. The molecule has 0 spiro atoms. The summed E-state index contributed by atoms with van der Waals surface area (Å²) in [5.74, 6) is -0.147. The SMILES string of the molecule is CCCc1cnc2c(C(=O)Cc3cnccc3N3C[C@@H](C)C(C)(O)[C@@H](C)C3)c(NC(=O)OC(C)(C)C)oc2c1. The number of furan rings is 1. The van der Waals surface area contributed by atoms with Crippen molar-refractivity contribution in [3.63, 3.8) is 0 Å². The number of nitrogens with zero attached hydrogens (tertiary/aromatic N) is 3. The standard InChI is InChI=1S/C30H40N4O5/c1-8-9-20-12-24-26(32-14-20)25(27(38-24)33-28(36)39-29(4,5)6)23(35)13-21-15-31-11-10-22(21)34-16-18(2)30(7,37)19(3)17-34/h10-12,14-15,18-19,37H,8-9,13,16-17H2,1-7H3,(H,33,36)/t18-,19+,30?. The van der Waals surface area contributed by atoms with Crippen LogP contribution in [0.3, 0.4) is 0 Å². The Morgan fingerprint density at radius 1 is 1.23 bits per heavy atom. The molecule has 0 aliphatic carbocycles. The highest BCUT2D eigenvalue weighted by Gasteiger charge is 2.41. The Morgan fingerprint density at radius 3 is 2.56 bits per heavy atom. The lowest BCUT2D eigenvalue weighted by Gasteiger charge is -2.47. The van der Waals surface area contributed by atoms with Gasteiger partial charge in [-0.15, -0.1) is 0 Å². The van der Waals surface area contributed by atoms with Gasteiger partial charge in [0.1, 0.15) is 16.7 Å². The molecule has 0 saturated carbocycles. The van der Waals surface area contributed by atoms with Crippen molar-refractivity contribution in [2.75, 3.05) is 23.3 Å². The van der Waals surface area contributed by atoms with Gasteiger partial charge >= 0.3 is 6.09 Å². The van der Waals surface area contributed by atoms with E-state index in [0.717, 1.165) is 29.7 Å². The molecule has 39 heavy (non-hydrogen) atoms. The molecule has 0 bridgehead atoms. The van der Waals surface area contributed by atoms with Crippen molar-refractivity contribution in [1.82, 2.24) is 9.97 Å². The van der Waals surface area contributed by atoms with Crippen LogP contribution in [0.25, 0.3) is 11.1 Å². The summed E-state index contributed by atoms with van der Waals surface area (Å²) in [5, 5.41) is 13.5. The average molecular weight is 537 g/mol. The van der Waals surface area contributed by atoms with Crippen molar-refractivity contribution in [2.24, 2.45) is 11.8 Å². The molecule has 0 radical (unpaired) electrons. The van der Waals surface area contributed by atoms with Crippen molar-refractivity contribution < 1.29 is 23.8 Å². The first kappa shape index (κ1) is 28.5. The number of aryl methyl sites for hydroxylation is 1. The summed E-state index contributed by atoms with van der Waals surface area (Å²) >= 11 is 0. The Labute approximate surface area is 230 Å². The molecule has 3 aromatic heterocycles. The molecule has 1 fully saturated rings. The van der Waals surface area contributed by atoms with Crippen LogP contribution < -0.4 is 10.2 Å². The number of nitrogens with one attached hydrogen (secondary N) is 1. The molecule has 4 heterocycles. The normalized spacial score (nSPS) is 21.7. The summed E-state index contributed by atoms with van der Waals surface area (Å²) in [6.07, 6.45) is 6.24. The van der Waals surface area contributed by atoms with Crippen LogP contribution in [0, 0.1) is 11.8 Å². The summed E-state index contributed by atoms with van der Waals surface area (Å²) < 4.78 is 11.4. The molecule has 0 aromatic carbocycles. The average Bonchev–Trinajstić information content (AvgIpc) is 3.18. The minimum Gasteiger partial charge on any atom is -0.444 e. The summed E-state index contributed by atoms with van der Waals surface area (Å²) in [4.78, 5) is 37.5. The number of pyridine rings is 2. The lowest BCUT2D eigenvalue weighted by Crippen LogP contribution is -2.55. The van der Waals surface area contributed by atoms with Gasteiger partial charge in [0.05, 0.1) is 5.60 Å². The lowest BCUT2D eigenvalue weighted by atomic mass is 9.76. The first-order valence-electron chi connectivity index (χ1n) is 13.6. The molecule has 3 aromatic rings. The number of aromatic nitrogens is 2. The summed E-state index contributed by atoms with van der Waals surface area (Å²) in [7, 11) is 0. The van der Waals surface area contributed by atoms with Gasteiger partial charge in [-0.25, -0.2) is 4.79 Å². The molecular weight excluding hydrogens is 496 g/mol. The van der Waals surface area contributed by atoms with Crippen molar-refractivity contribution in [2.45, 2.75) is 78.9 Å². The molecular formula is C30H40N4O5. The fraction of sp³-hybridized carbons (Fsp3) is 0.533. The second kappa shape index (κ2) is 11.0.